The molecular formula is C11H17N5. The van der Waals surface area contributed by atoms with Gasteiger partial charge in [0.25, 0.3) is 0 Å². The van der Waals surface area contributed by atoms with Crippen LogP contribution >= 0.6 is 0 Å². The standard InChI is InChI=1S/C11H17N5/c1-4-13-10-5-11(15-8-14-10)16(3)7-9(2)6-12/h5,8-9H,4,7H2,1-3H3,(H,13,14,15). The molecule has 0 aromatic carbocycles. The molecule has 0 aliphatic carbocycles. The van der Waals surface area contributed by atoms with Crippen molar-refractivity contribution in [3.63, 3.8) is 0 Å². The zero-order valence-electron chi connectivity index (χ0n) is 9.94. The summed E-state index contributed by atoms with van der Waals surface area (Å²) in [5, 5.41) is 11.9. The maximum Gasteiger partial charge on any atom is 0.133 e. The molecule has 1 rings (SSSR count). The molecule has 1 unspecified atom stereocenters. The molecule has 0 amide bonds. The summed E-state index contributed by atoms with van der Waals surface area (Å²) in [4.78, 5) is 10.2. The summed E-state index contributed by atoms with van der Waals surface area (Å²) >= 11 is 0. The number of nitriles is 1. The Morgan fingerprint density at radius 2 is 2.31 bits per heavy atom. The fourth-order valence-electron chi connectivity index (χ4n) is 1.38. The molecule has 5 nitrogen and oxygen atoms in total. The van der Waals surface area contributed by atoms with E-state index in [2.05, 4.69) is 21.4 Å². The average molecular weight is 219 g/mol. The van der Waals surface area contributed by atoms with E-state index in [0.29, 0.717) is 6.54 Å². The van der Waals surface area contributed by atoms with Crippen molar-refractivity contribution in [2.24, 2.45) is 5.92 Å². The highest BCUT2D eigenvalue weighted by Crippen LogP contribution is 2.13. The van der Waals surface area contributed by atoms with Gasteiger partial charge >= 0.3 is 0 Å². The zero-order chi connectivity index (χ0) is 12.0. The maximum absolute atomic E-state index is 8.75. The number of nitrogens with zero attached hydrogens (tertiary/aromatic N) is 4. The summed E-state index contributed by atoms with van der Waals surface area (Å²) in [6, 6.07) is 4.09. The fourth-order valence-corrected chi connectivity index (χ4v) is 1.38. The second-order valence-corrected chi connectivity index (χ2v) is 3.70. The Kier molecular flexibility index (Phi) is 4.52. The average Bonchev–Trinajstić information content (AvgIpc) is 2.29. The predicted molar refractivity (Wildman–Crippen MR) is 64.2 cm³/mol. The van der Waals surface area contributed by atoms with Crippen LogP contribution < -0.4 is 10.2 Å². The highest BCUT2D eigenvalue weighted by Gasteiger charge is 2.08. The van der Waals surface area contributed by atoms with Crippen molar-refractivity contribution in [3.05, 3.63) is 12.4 Å². The van der Waals surface area contributed by atoms with E-state index in [-0.39, 0.29) is 5.92 Å². The van der Waals surface area contributed by atoms with E-state index in [4.69, 9.17) is 5.26 Å². The number of rotatable bonds is 5. The topological polar surface area (TPSA) is 64.8 Å². The van der Waals surface area contributed by atoms with Gasteiger partial charge in [0.15, 0.2) is 0 Å². The number of anilines is 2. The monoisotopic (exact) mass is 219 g/mol. The Labute approximate surface area is 96.1 Å². The molecule has 0 aliphatic heterocycles. The first-order chi connectivity index (χ1) is 7.67. The summed E-state index contributed by atoms with van der Waals surface area (Å²) in [5.74, 6) is 1.62. The molecular weight excluding hydrogens is 202 g/mol. The van der Waals surface area contributed by atoms with E-state index >= 15 is 0 Å². The zero-order valence-corrected chi connectivity index (χ0v) is 9.94. The van der Waals surface area contributed by atoms with Crippen LogP contribution in [-0.4, -0.2) is 30.1 Å². The summed E-state index contributed by atoms with van der Waals surface area (Å²) in [5.41, 5.74) is 0. The van der Waals surface area contributed by atoms with Crippen LogP contribution in [0.4, 0.5) is 11.6 Å². The van der Waals surface area contributed by atoms with Gasteiger partial charge in [-0.15, -0.1) is 0 Å². The van der Waals surface area contributed by atoms with Crippen LogP contribution in [0.25, 0.3) is 0 Å². The minimum absolute atomic E-state index is 0.0115. The van der Waals surface area contributed by atoms with Crippen LogP contribution in [-0.2, 0) is 0 Å². The molecule has 1 aromatic rings. The van der Waals surface area contributed by atoms with E-state index in [9.17, 15) is 0 Å². The van der Waals surface area contributed by atoms with Crippen molar-refractivity contribution in [2.45, 2.75) is 13.8 Å². The van der Waals surface area contributed by atoms with E-state index < -0.39 is 0 Å². The largest absolute Gasteiger partial charge is 0.370 e. The van der Waals surface area contributed by atoms with Crippen molar-refractivity contribution in [2.75, 3.05) is 30.4 Å². The van der Waals surface area contributed by atoms with Crippen molar-refractivity contribution in [1.29, 1.82) is 5.26 Å². The Balaban J connectivity index is 2.71. The molecule has 0 aliphatic rings. The van der Waals surface area contributed by atoms with Crippen LogP contribution in [0.2, 0.25) is 0 Å². The minimum Gasteiger partial charge on any atom is -0.370 e. The summed E-state index contributed by atoms with van der Waals surface area (Å²) < 4.78 is 0. The van der Waals surface area contributed by atoms with Crippen LogP contribution in [0.1, 0.15) is 13.8 Å². The van der Waals surface area contributed by atoms with Crippen molar-refractivity contribution in [1.82, 2.24) is 9.97 Å². The second kappa shape index (κ2) is 5.91. The third kappa shape index (κ3) is 3.39. The summed E-state index contributed by atoms with van der Waals surface area (Å²) in [6.45, 7) is 5.40. The van der Waals surface area contributed by atoms with Gasteiger partial charge in [0, 0.05) is 26.2 Å². The van der Waals surface area contributed by atoms with Gasteiger partial charge in [-0.05, 0) is 13.8 Å². The van der Waals surface area contributed by atoms with Crippen LogP contribution in [0.3, 0.4) is 0 Å². The Morgan fingerprint density at radius 1 is 1.56 bits per heavy atom. The van der Waals surface area contributed by atoms with Crippen molar-refractivity contribution < 1.29 is 0 Å². The molecule has 0 saturated heterocycles. The Hall–Kier alpha value is -1.83. The highest BCUT2D eigenvalue weighted by molar-refractivity contribution is 5.47. The number of hydrogen-bond acceptors (Lipinski definition) is 5. The maximum atomic E-state index is 8.75. The number of aromatic nitrogens is 2. The lowest BCUT2D eigenvalue weighted by atomic mass is 10.2. The van der Waals surface area contributed by atoms with Gasteiger partial charge in [0.2, 0.25) is 0 Å². The van der Waals surface area contributed by atoms with E-state index in [0.717, 1.165) is 18.2 Å². The van der Waals surface area contributed by atoms with Crippen LogP contribution in [0, 0.1) is 17.2 Å². The first-order valence-corrected chi connectivity index (χ1v) is 5.34. The molecule has 1 N–H and O–H groups in total. The second-order valence-electron chi connectivity index (χ2n) is 3.70. The molecule has 1 heterocycles. The lowest BCUT2D eigenvalue weighted by molar-refractivity contribution is 0.709. The molecule has 0 radical (unpaired) electrons. The minimum atomic E-state index is -0.0115. The molecule has 0 fully saturated rings. The quantitative estimate of drug-likeness (QED) is 0.813. The molecule has 1 aromatic heterocycles. The number of hydrogen-bond donors (Lipinski definition) is 1. The molecule has 0 spiro atoms. The number of nitrogens with one attached hydrogen (secondary N) is 1. The summed E-state index contributed by atoms with van der Waals surface area (Å²) in [6.07, 6.45) is 1.53. The molecule has 0 bridgehead atoms. The molecule has 5 heteroatoms. The predicted octanol–water partition coefficient (Wildman–Crippen LogP) is 1.50. The third-order valence-electron chi connectivity index (χ3n) is 2.17. The Bertz CT molecular complexity index is 371. The third-order valence-corrected chi connectivity index (χ3v) is 2.17. The van der Waals surface area contributed by atoms with E-state index in [1.165, 1.54) is 6.33 Å². The van der Waals surface area contributed by atoms with Gasteiger partial charge in [-0.3, -0.25) is 0 Å². The highest BCUT2D eigenvalue weighted by atomic mass is 15.2. The first-order valence-electron chi connectivity index (χ1n) is 5.34. The SMILES string of the molecule is CCNc1cc(N(C)CC(C)C#N)ncn1. The lowest BCUT2D eigenvalue weighted by Crippen LogP contribution is -2.24. The lowest BCUT2D eigenvalue weighted by Gasteiger charge is -2.19. The molecule has 86 valence electrons. The molecule has 0 saturated carbocycles. The Morgan fingerprint density at radius 3 is 2.94 bits per heavy atom. The van der Waals surface area contributed by atoms with Gasteiger partial charge in [0.1, 0.15) is 18.0 Å². The van der Waals surface area contributed by atoms with Crippen LogP contribution in [0.15, 0.2) is 12.4 Å². The van der Waals surface area contributed by atoms with Crippen molar-refractivity contribution >= 4 is 11.6 Å². The van der Waals surface area contributed by atoms with E-state index in [1.54, 1.807) is 0 Å². The van der Waals surface area contributed by atoms with Gasteiger partial charge in [-0.2, -0.15) is 5.26 Å². The van der Waals surface area contributed by atoms with Gasteiger partial charge in [-0.1, -0.05) is 0 Å². The van der Waals surface area contributed by atoms with Gasteiger partial charge in [0.05, 0.1) is 12.0 Å². The normalized spacial score (nSPS) is 11.6. The first kappa shape index (κ1) is 12.2. The molecule has 1 atom stereocenters. The fraction of sp³-hybridized carbons (Fsp3) is 0.545. The molecule has 16 heavy (non-hydrogen) atoms. The van der Waals surface area contributed by atoms with Crippen LogP contribution in [0.5, 0.6) is 0 Å². The van der Waals surface area contributed by atoms with E-state index in [1.807, 2.05) is 31.9 Å². The van der Waals surface area contributed by atoms with Gasteiger partial charge in [-0.25, -0.2) is 9.97 Å². The summed E-state index contributed by atoms with van der Waals surface area (Å²) in [7, 11) is 1.92. The van der Waals surface area contributed by atoms with Gasteiger partial charge < -0.3 is 10.2 Å². The smallest absolute Gasteiger partial charge is 0.133 e. The van der Waals surface area contributed by atoms with Crippen molar-refractivity contribution in [3.8, 4) is 6.07 Å².